The molecule has 2 aromatic rings. The SMILES string of the molecule is CN1C(=O)C(=O)C(C(=O)NCC(c2ccccc2)c2ccccc2)N=C1N1CCCCS1(=O)=O. The molecule has 0 saturated carbocycles. The number of carbonyl (C=O) groups excluding carboxylic acids is 3. The van der Waals surface area contributed by atoms with Crippen molar-refractivity contribution in [2.45, 2.75) is 24.8 Å². The van der Waals surface area contributed by atoms with Crippen LogP contribution in [0.3, 0.4) is 0 Å². The monoisotopic (exact) mass is 482 g/mol. The van der Waals surface area contributed by atoms with Crippen LogP contribution in [0.4, 0.5) is 0 Å². The summed E-state index contributed by atoms with van der Waals surface area (Å²) in [5.41, 5.74) is 1.95. The zero-order valence-corrected chi connectivity index (χ0v) is 19.6. The summed E-state index contributed by atoms with van der Waals surface area (Å²) in [5, 5.41) is 2.75. The minimum absolute atomic E-state index is 0.0747. The summed E-state index contributed by atoms with van der Waals surface area (Å²) in [5.74, 6) is -3.14. The number of carbonyl (C=O) groups is 3. The van der Waals surface area contributed by atoms with E-state index >= 15 is 0 Å². The Morgan fingerprint density at radius 3 is 2.18 bits per heavy atom. The number of Topliss-reactive ketones (excluding diaryl/α,β-unsaturated/α-hetero) is 1. The summed E-state index contributed by atoms with van der Waals surface area (Å²) in [6.07, 6.45) is 1.11. The first-order chi connectivity index (χ1) is 16.3. The fourth-order valence-electron chi connectivity index (χ4n) is 4.15. The van der Waals surface area contributed by atoms with Crippen LogP contribution < -0.4 is 5.32 Å². The van der Waals surface area contributed by atoms with Crippen molar-refractivity contribution in [3.8, 4) is 0 Å². The quantitative estimate of drug-likeness (QED) is 0.507. The molecule has 10 heteroatoms. The largest absolute Gasteiger partial charge is 0.353 e. The molecule has 0 radical (unpaired) electrons. The van der Waals surface area contributed by atoms with Gasteiger partial charge in [-0.3, -0.25) is 19.3 Å². The standard InChI is InChI=1S/C24H26N4O5S/c1-27-23(31)21(29)20(26-24(27)28-14-8-9-15-34(28,32)33)22(30)25-16-19(17-10-4-2-5-11-17)18-12-6-3-7-13-18/h2-7,10-13,19-20H,8-9,14-16H2,1H3,(H,25,30). The van der Waals surface area contributed by atoms with E-state index in [0.717, 1.165) is 20.3 Å². The molecule has 2 heterocycles. The van der Waals surface area contributed by atoms with Crippen molar-refractivity contribution in [3.63, 3.8) is 0 Å². The lowest BCUT2D eigenvalue weighted by Gasteiger charge is -2.35. The van der Waals surface area contributed by atoms with E-state index in [1.54, 1.807) is 0 Å². The molecule has 0 aromatic heterocycles. The molecule has 0 bridgehead atoms. The number of benzene rings is 2. The van der Waals surface area contributed by atoms with Crippen molar-refractivity contribution >= 4 is 33.6 Å². The summed E-state index contributed by atoms with van der Waals surface area (Å²) in [7, 11) is -2.39. The molecule has 4 rings (SSSR count). The Hall–Kier alpha value is -3.53. The van der Waals surface area contributed by atoms with Crippen LogP contribution in [0.2, 0.25) is 0 Å². The number of guanidine groups is 1. The number of aliphatic imine (C=N–C) groups is 1. The van der Waals surface area contributed by atoms with Gasteiger partial charge in [0.05, 0.1) is 5.75 Å². The lowest BCUT2D eigenvalue weighted by Crippen LogP contribution is -2.59. The van der Waals surface area contributed by atoms with Crippen LogP contribution in [-0.2, 0) is 24.4 Å². The van der Waals surface area contributed by atoms with Gasteiger partial charge in [0.1, 0.15) is 0 Å². The lowest BCUT2D eigenvalue weighted by atomic mass is 9.91. The summed E-state index contributed by atoms with van der Waals surface area (Å²) in [6.45, 7) is 0.318. The zero-order chi connectivity index (χ0) is 24.3. The van der Waals surface area contributed by atoms with Gasteiger partial charge in [0.2, 0.25) is 16.0 Å². The Balaban J connectivity index is 1.59. The Morgan fingerprint density at radius 2 is 1.62 bits per heavy atom. The smallest absolute Gasteiger partial charge is 0.299 e. The maximum absolute atomic E-state index is 13.0. The van der Waals surface area contributed by atoms with Gasteiger partial charge < -0.3 is 5.32 Å². The molecule has 0 spiro atoms. The molecule has 0 aliphatic carbocycles. The van der Waals surface area contributed by atoms with Gasteiger partial charge in [-0.2, -0.15) is 0 Å². The lowest BCUT2D eigenvalue weighted by molar-refractivity contribution is -0.145. The van der Waals surface area contributed by atoms with Gasteiger partial charge in [-0.05, 0) is 24.0 Å². The van der Waals surface area contributed by atoms with E-state index in [9.17, 15) is 22.8 Å². The van der Waals surface area contributed by atoms with Crippen LogP contribution in [0, 0.1) is 0 Å². The first-order valence-electron chi connectivity index (χ1n) is 11.1. The normalized spacial score (nSPS) is 20.3. The van der Waals surface area contributed by atoms with E-state index in [0.29, 0.717) is 12.8 Å². The molecule has 2 aromatic carbocycles. The molecule has 9 nitrogen and oxygen atoms in total. The van der Waals surface area contributed by atoms with Crippen LogP contribution in [-0.4, -0.2) is 73.1 Å². The average Bonchev–Trinajstić information content (AvgIpc) is 2.84. The van der Waals surface area contributed by atoms with Gasteiger partial charge in [-0.25, -0.2) is 17.7 Å². The summed E-state index contributed by atoms with van der Waals surface area (Å²) >= 11 is 0. The summed E-state index contributed by atoms with van der Waals surface area (Å²) in [4.78, 5) is 43.3. The first kappa shape index (κ1) is 23.6. The Bertz CT molecular complexity index is 1170. The van der Waals surface area contributed by atoms with Crippen molar-refractivity contribution in [3.05, 3.63) is 71.8 Å². The molecule has 1 N–H and O–H groups in total. The number of hydrogen-bond acceptors (Lipinski definition) is 6. The number of likely N-dealkylation sites (N-methyl/N-ethyl adjacent to an activating group) is 1. The molecule has 1 fully saturated rings. The third kappa shape index (κ3) is 4.72. The maximum atomic E-state index is 13.0. The fourth-order valence-corrected chi connectivity index (χ4v) is 5.77. The molecule has 178 valence electrons. The van der Waals surface area contributed by atoms with E-state index in [1.807, 2.05) is 60.7 Å². The summed E-state index contributed by atoms with van der Waals surface area (Å²) in [6, 6.07) is 17.6. The predicted octanol–water partition coefficient (Wildman–Crippen LogP) is 1.13. The van der Waals surface area contributed by atoms with Crippen LogP contribution in [0.1, 0.15) is 29.9 Å². The number of ketones is 1. The fraction of sp³-hybridized carbons (Fsp3) is 0.333. The molecular formula is C24H26N4O5S. The Kier molecular flexibility index (Phi) is 6.78. The van der Waals surface area contributed by atoms with Crippen LogP contribution in [0.5, 0.6) is 0 Å². The van der Waals surface area contributed by atoms with Gasteiger partial charge in [0.15, 0.2) is 6.04 Å². The number of sulfonamides is 1. The van der Waals surface area contributed by atoms with Crippen molar-refractivity contribution in [1.82, 2.24) is 14.5 Å². The van der Waals surface area contributed by atoms with Gasteiger partial charge in [-0.15, -0.1) is 0 Å². The summed E-state index contributed by atoms with van der Waals surface area (Å²) < 4.78 is 26.1. The second kappa shape index (κ2) is 9.76. The second-order valence-corrected chi connectivity index (χ2v) is 10.3. The third-order valence-electron chi connectivity index (χ3n) is 6.01. The van der Waals surface area contributed by atoms with E-state index in [1.165, 1.54) is 7.05 Å². The van der Waals surface area contributed by atoms with E-state index < -0.39 is 33.7 Å². The highest BCUT2D eigenvalue weighted by molar-refractivity contribution is 7.89. The van der Waals surface area contributed by atoms with Crippen LogP contribution >= 0.6 is 0 Å². The number of amides is 2. The topological polar surface area (TPSA) is 116 Å². The van der Waals surface area contributed by atoms with Gasteiger partial charge in [0, 0.05) is 26.1 Å². The first-order valence-corrected chi connectivity index (χ1v) is 12.7. The minimum Gasteiger partial charge on any atom is -0.353 e. The van der Waals surface area contributed by atoms with E-state index in [-0.39, 0.29) is 30.7 Å². The second-order valence-electron chi connectivity index (χ2n) is 8.27. The molecule has 2 amide bonds. The van der Waals surface area contributed by atoms with Gasteiger partial charge >= 0.3 is 0 Å². The van der Waals surface area contributed by atoms with E-state index in [2.05, 4.69) is 10.3 Å². The molecule has 2 aliphatic rings. The Labute approximate surface area is 198 Å². The average molecular weight is 483 g/mol. The molecule has 1 atom stereocenters. The third-order valence-corrected chi connectivity index (χ3v) is 7.84. The van der Waals surface area contributed by atoms with Gasteiger partial charge in [-0.1, -0.05) is 60.7 Å². The highest BCUT2D eigenvalue weighted by atomic mass is 32.2. The highest BCUT2D eigenvalue weighted by Crippen LogP contribution is 2.24. The van der Waals surface area contributed by atoms with Crippen molar-refractivity contribution in [2.75, 3.05) is 25.9 Å². The van der Waals surface area contributed by atoms with Crippen LogP contribution in [0.15, 0.2) is 65.7 Å². The minimum atomic E-state index is -3.68. The number of nitrogens with zero attached hydrogens (tertiary/aromatic N) is 3. The Morgan fingerprint density at radius 1 is 1.03 bits per heavy atom. The predicted molar refractivity (Wildman–Crippen MR) is 126 cm³/mol. The molecule has 34 heavy (non-hydrogen) atoms. The zero-order valence-electron chi connectivity index (χ0n) is 18.8. The van der Waals surface area contributed by atoms with Crippen molar-refractivity contribution < 1.29 is 22.8 Å². The molecule has 2 aliphatic heterocycles. The molecule has 1 unspecified atom stereocenters. The maximum Gasteiger partial charge on any atom is 0.299 e. The molecular weight excluding hydrogens is 456 g/mol. The van der Waals surface area contributed by atoms with E-state index in [4.69, 9.17) is 0 Å². The van der Waals surface area contributed by atoms with Crippen LogP contribution in [0.25, 0.3) is 0 Å². The number of rotatable bonds is 5. The number of hydrogen-bond donors (Lipinski definition) is 1. The van der Waals surface area contributed by atoms with Gasteiger partial charge in [0.25, 0.3) is 17.6 Å². The number of nitrogens with one attached hydrogen (secondary N) is 1. The van der Waals surface area contributed by atoms with Crippen molar-refractivity contribution in [1.29, 1.82) is 0 Å². The molecule has 1 saturated heterocycles. The highest BCUT2D eigenvalue weighted by Gasteiger charge is 2.43. The van der Waals surface area contributed by atoms with Crippen molar-refractivity contribution in [2.24, 2.45) is 4.99 Å².